The van der Waals surface area contributed by atoms with Crippen molar-refractivity contribution in [2.45, 2.75) is 6.54 Å². The van der Waals surface area contributed by atoms with Crippen molar-refractivity contribution in [1.29, 1.82) is 0 Å². The van der Waals surface area contributed by atoms with Crippen molar-refractivity contribution in [3.63, 3.8) is 0 Å². The van der Waals surface area contributed by atoms with Crippen molar-refractivity contribution in [3.8, 4) is 0 Å². The maximum Gasteiger partial charge on any atom is 0.480 e. The van der Waals surface area contributed by atoms with Gasteiger partial charge in [0.25, 0.3) is 0 Å². The predicted octanol–water partition coefficient (Wildman–Crippen LogP) is -0.641. The van der Waals surface area contributed by atoms with E-state index in [0.29, 0.717) is 0 Å². The smallest absolute Gasteiger partial charge is 0.424 e. The summed E-state index contributed by atoms with van der Waals surface area (Å²) in [6, 6.07) is 0. The Balaban J connectivity index is 2.67. The van der Waals surface area contributed by atoms with E-state index < -0.39 is 12.0 Å². The first-order valence-corrected chi connectivity index (χ1v) is 3.79. The van der Waals surface area contributed by atoms with Gasteiger partial charge in [-0.25, -0.2) is 4.57 Å². The molecule has 0 saturated carbocycles. The summed E-state index contributed by atoms with van der Waals surface area (Å²) in [4.78, 5) is 13.3. The van der Waals surface area contributed by atoms with E-state index >= 15 is 0 Å². The Hall–Kier alpha value is -1.67. The minimum atomic E-state index is -1.54. The standard InChI is InChI=1S/C6H8BN3O4/c11-7(12)2-1-4-9-5-3-8-6(9)10(13)14/h1-3,5,11-12H,4H2. The molecule has 8 heteroatoms. The van der Waals surface area contributed by atoms with Gasteiger partial charge < -0.3 is 20.2 Å². The lowest BCUT2D eigenvalue weighted by Crippen LogP contribution is -2.07. The lowest BCUT2D eigenvalue weighted by Gasteiger charge is -1.96. The van der Waals surface area contributed by atoms with Gasteiger partial charge in [-0.2, -0.15) is 0 Å². The van der Waals surface area contributed by atoms with Crippen LogP contribution in [-0.4, -0.2) is 31.6 Å². The Labute approximate surface area is 79.6 Å². The van der Waals surface area contributed by atoms with Gasteiger partial charge in [0.15, 0.2) is 0 Å². The molecule has 0 aromatic carbocycles. The molecule has 74 valence electrons. The highest BCUT2D eigenvalue weighted by atomic mass is 16.6. The summed E-state index contributed by atoms with van der Waals surface area (Å²) in [7, 11) is -1.54. The summed E-state index contributed by atoms with van der Waals surface area (Å²) in [5.41, 5.74) is 0. The first-order valence-electron chi connectivity index (χ1n) is 3.79. The molecule has 0 aliphatic heterocycles. The van der Waals surface area contributed by atoms with Gasteiger partial charge in [0.2, 0.25) is 0 Å². The Morgan fingerprint density at radius 2 is 2.43 bits per heavy atom. The van der Waals surface area contributed by atoms with Crippen molar-refractivity contribution >= 4 is 13.1 Å². The summed E-state index contributed by atoms with van der Waals surface area (Å²) in [6.45, 7) is 0.175. The van der Waals surface area contributed by atoms with Crippen LogP contribution in [0.5, 0.6) is 0 Å². The van der Waals surface area contributed by atoms with E-state index in [2.05, 4.69) is 4.98 Å². The quantitative estimate of drug-likeness (QED) is 0.379. The van der Waals surface area contributed by atoms with Gasteiger partial charge in [0.05, 0.1) is 6.54 Å². The summed E-state index contributed by atoms with van der Waals surface area (Å²) < 4.78 is 1.28. The van der Waals surface area contributed by atoms with Crippen LogP contribution in [-0.2, 0) is 6.54 Å². The van der Waals surface area contributed by atoms with Crippen LogP contribution >= 0.6 is 0 Å². The Morgan fingerprint density at radius 3 is 3.00 bits per heavy atom. The number of nitrogens with zero attached hydrogens (tertiary/aromatic N) is 3. The largest absolute Gasteiger partial charge is 0.480 e. The number of nitro groups is 1. The van der Waals surface area contributed by atoms with E-state index in [-0.39, 0.29) is 12.5 Å². The minimum absolute atomic E-state index is 0.175. The van der Waals surface area contributed by atoms with Gasteiger partial charge in [0, 0.05) is 0 Å². The molecule has 0 radical (unpaired) electrons. The SMILES string of the molecule is O=[N+]([O-])c1nccn1CC=CB(O)O. The Kier molecular flexibility index (Phi) is 3.38. The third kappa shape index (κ3) is 2.68. The summed E-state index contributed by atoms with van der Waals surface area (Å²) in [6.07, 6.45) is 4.15. The Bertz CT molecular complexity index is 349. The molecule has 0 bridgehead atoms. The monoisotopic (exact) mass is 197 g/mol. The number of allylic oxidation sites excluding steroid dienone is 1. The molecule has 0 aliphatic rings. The highest BCUT2D eigenvalue weighted by Gasteiger charge is 2.12. The fraction of sp³-hybridized carbons (Fsp3) is 0.167. The van der Waals surface area contributed by atoms with Crippen molar-refractivity contribution in [3.05, 3.63) is 34.6 Å². The second-order valence-corrected chi connectivity index (χ2v) is 2.48. The highest BCUT2D eigenvalue weighted by Crippen LogP contribution is 2.06. The maximum absolute atomic E-state index is 10.4. The molecule has 0 fully saturated rings. The molecular formula is C6H8BN3O4. The Morgan fingerprint density at radius 1 is 1.71 bits per heavy atom. The lowest BCUT2D eigenvalue weighted by atomic mass is 9.92. The molecule has 0 spiro atoms. The summed E-state index contributed by atoms with van der Waals surface area (Å²) >= 11 is 0. The molecule has 0 amide bonds. The maximum atomic E-state index is 10.4. The second kappa shape index (κ2) is 4.54. The van der Waals surface area contributed by atoms with Gasteiger partial charge in [-0.05, 0) is 4.92 Å². The predicted molar refractivity (Wildman–Crippen MR) is 48.2 cm³/mol. The number of hydrogen-bond donors (Lipinski definition) is 2. The van der Waals surface area contributed by atoms with E-state index in [9.17, 15) is 10.1 Å². The average Bonchev–Trinajstić information content (AvgIpc) is 2.51. The van der Waals surface area contributed by atoms with Crippen LogP contribution in [0.3, 0.4) is 0 Å². The molecule has 2 N–H and O–H groups in total. The van der Waals surface area contributed by atoms with Gasteiger partial charge in [-0.3, -0.25) is 0 Å². The number of aromatic nitrogens is 2. The first kappa shape index (κ1) is 10.4. The van der Waals surface area contributed by atoms with Crippen molar-refractivity contribution < 1.29 is 15.0 Å². The fourth-order valence-corrected chi connectivity index (χ4v) is 0.912. The molecule has 1 aromatic heterocycles. The first-order chi connectivity index (χ1) is 6.61. The zero-order valence-electron chi connectivity index (χ0n) is 7.15. The van der Waals surface area contributed by atoms with E-state index in [1.807, 2.05) is 0 Å². The van der Waals surface area contributed by atoms with Crippen LogP contribution in [0.25, 0.3) is 0 Å². The van der Waals surface area contributed by atoms with Crippen LogP contribution in [0.1, 0.15) is 0 Å². The fourth-order valence-electron chi connectivity index (χ4n) is 0.912. The molecule has 0 aliphatic carbocycles. The van der Waals surface area contributed by atoms with E-state index in [4.69, 9.17) is 10.0 Å². The number of hydrogen-bond acceptors (Lipinski definition) is 5. The van der Waals surface area contributed by atoms with Crippen LogP contribution in [0, 0.1) is 10.1 Å². The molecule has 0 atom stereocenters. The van der Waals surface area contributed by atoms with Gasteiger partial charge in [0.1, 0.15) is 12.4 Å². The molecule has 1 heterocycles. The zero-order valence-corrected chi connectivity index (χ0v) is 7.15. The average molecular weight is 197 g/mol. The molecule has 14 heavy (non-hydrogen) atoms. The van der Waals surface area contributed by atoms with Crippen LogP contribution in [0.2, 0.25) is 0 Å². The lowest BCUT2D eigenvalue weighted by molar-refractivity contribution is -0.396. The summed E-state index contributed by atoms with van der Waals surface area (Å²) in [5.74, 6) is 0.839. The van der Waals surface area contributed by atoms with Gasteiger partial charge in [-0.15, -0.1) is 0 Å². The molecule has 0 unspecified atom stereocenters. The summed E-state index contributed by atoms with van der Waals surface area (Å²) in [5, 5.41) is 27.3. The van der Waals surface area contributed by atoms with Crippen LogP contribution < -0.4 is 0 Å². The minimum Gasteiger partial charge on any atom is -0.424 e. The highest BCUT2D eigenvalue weighted by molar-refractivity contribution is 6.47. The normalized spacial score (nSPS) is 10.7. The van der Waals surface area contributed by atoms with Crippen molar-refractivity contribution in [2.24, 2.45) is 0 Å². The van der Waals surface area contributed by atoms with E-state index in [0.717, 1.165) is 5.98 Å². The van der Waals surface area contributed by atoms with E-state index in [1.54, 1.807) is 0 Å². The number of imidazole rings is 1. The third-order valence-corrected chi connectivity index (χ3v) is 1.47. The third-order valence-electron chi connectivity index (χ3n) is 1.47. The van der Waals surface area contributed by atoms with Crippen molar-refractivity contribution in [2.75, 3.05) is 0 Å². The molecule has 1 rings (SSSR count). The zero-order chi connectivity index (χ0) is 10.6. The van der Waals surface area contributed by atoms with Crippen LogP contribution in [0.15, 0.2) is 24.4 Å². The van der Waals surface area contributed by atoms with Crippen LogP contribution in [0.4, 0.5) is 5.95 Å². The van der Waals surface area contributed by atoms with Gasteiger partial charge >= 0.3 is 13.1 Å². The van der Waals surface area contributed by atoms with Gasteiger partial charge in [-0.1, -0.05) is 17.0 Å². The van der Waals surface area contributed by atoms with E-state index in [1.165, 1.54) is 23.0 Å². The number of rotatable bonds is 4. The molecule has 0 saturated heterocycles. The molecular weight excluding hydrogens is 189 g/mol. The molecule has 7 nitrogen and oxygen atoms in total. The van der Waals surface area contributed by atoms with Crippen molar-refractivity contribution in [1.82, 2.24) is 9.55 Å². The second-order valence-electron chi connectivity index (χ2n) is 2.48. The molecule has 1 aromatic rings. The topological polar surface area (TPSA) is 101 Å².